The van der Waals surface area contributed by atoms with Crippen molar-refractivity contribution >= 4 is 17.7 Å². The summed E-state index contributed by atoms with van der Waals surface area (Å²) in [5.74, 6) is 0.714. The Morgan fingerprint density at radius 1 is 1.53 bits per heavy atom. The second-order valence-corrected chi connectivity index (χ2v) is 3.56. The number of hydrogen-bond acceptors (Lipinski definition) is 2. The van der Waals surface area contributed by atoms with Gasteiger partial charge in [0.25, 0.3) is 5.91 Å². The molecule has 0 saturated heterocycles. The van der Waals surface area contributed by atoms with Crippen LogP contribution in [0.4, 0.5) is 5.69 Å². The van der Waals surface area contributed by atoms with E-state index in [1.165, 1.54) is 0 Å². The van der Waals surface area contributed by atoms with E-state index in [1.54, 1.807) is 24.9 Å². The van der Waals surface area contributed by atoms with Crippen molar-refractivity contribution < 1.29 is 9.53 Å². The normalized spacial score (nSPS) is 19.5. The first-order chi connectivity index (χ1) is 7.15. The molecule has 3 heteroatoms. The highest BCUT2D eigenvalue weighted by Crippen LogP contribution is 2.36. The summed E-state index contributed by atoms with van der Waals surface area (Å²) < 4.78 is 5.57. The second-order valence-electron chi connectivity index (χ2n) is 3.56. The van der Waals surface area contributed by atoms with Gasteiger partial charge >= 0.3 is 0 Å². The number of likely N-dealkylation sites (N-methyl/N-ethyl adjacent to an activating group) is 1. The van der Waals surface area contributed by atoms with Crippen LogP contribution in [0.3, 0.4) is 0 Å². The Morgan fingerprint density at radius 3 is 2.93 bits per heavy atom. The Balaban J connectivity index is 2.58. The Hall–Kier alpha value is -1.77. The van der Waals surface area contributed by atoms with Crippen LogP contribution in [-0.2, 0) is 4.79 Å². The molecule has 1 aromatic carbocycles. The van der Waals surface area contributed by atoms with Crippen LogP contribution >= 0.6 is 0 Å². The molecule has 0 bridgehead atoms. The van der Waals surface area contributed by atoms with Crippen molar-refractivity contribution in [1.29, 1.82) is 0 Å². The number of anilines is 1. The van der Waals surface area contributed by atoms with E-state index in [4.69, 9.17) is 4.74 Å². The fourth-order valence-corrected chi connectivity index (χ4v) is 1.71. The zero-order valence-corrected chi connectivity index (χ0v) is 8.86. The Bertz CT molecular complexity index is 426. The average Bonchev–Trinajstić information content (AvgIpc) is 2.25. The zero-order chi connectivity index (χ0) is 11.0. The summed E-state index contributed by atoms with van der Waals surface area (Å²) in [6.45, 7) is 5.48. The molecule has 0 radical (unpaired) electrons. The lowest BCUT2D eigenvalue weighted by molar-refractivity contribution is -0.125. The molecule has 0 fully saturated rings. The maximum absolute atomic E-state index is 11.7. The second kappa shape index (κ2) is 3.42. The number of nitrogens with zero attached hydrogens (tertiary/aromatic N) is 1. The molecule has 2 rings (SSSR count). The molecule has 78 valence electrons. The summed E-state index contributed by atoms with van der Waals surface area (Å²) in [4.78, 5) is 13.3. The predicted molar refractivity (Wildman–Crippen MR) is 60.0 cm³/mol. The monoisotopic (exact) mass is 203 g/mol. The van der Waals surface area contributed by atoms with Crippen molar-refractivity contribution in [3.8, 4) is 5.75 Å². The van der Waals surface area contributed by atoms with Crippen molar-refractivity contribution in [1.82, 2.24) is 0 Å². The van der Waals surface area contributed by atoms with Gasteiger partial charge in [-0.1, -0.05) is 24.8 Å². The minimum atomic E-state index is -0.427. The molecule has 1 heterocycles. The fraction of sp³-hybridized carbons (Fsp3) is 0.250. The van der Waals surface area contributed by atoms with Gasteiger partial charge in [0, 0.05) is 12.6 Å². The van der Waals surface area contributed by atoms with E-state index >= 15 is 0 Å². The first kappa shape index (κ1) is 9.77. The van der Waals surface area contributed by atoms with Gasteiger partial charge in [0.15, 0.2) is 11.9 Å². The number of hydrogen-bond donors (Lipinski definition) is 0. The van der Waals surface area contributed by atoms with E-state index in [2.05, 4.69) is 6.58 Å². The summed E-state index contributed by atoms with van der Waals surface area (Å²) in [5, 5.41) is 0. The van der Waals surface area contributed by atoms with Gasteiger partial charge in [-0.3, -0.25) is 4.79 Å². The Morgan fingerprint density at radius 2 is 2.27 bits per heavy atom. The maximum Gasteiger partial charge on any atom is 0.267 e. The van der Waals surface area contributed by atoms with Crippen LogP contribution in [0.5, 0.6) is 5.75 Å². The number of para-hydroxylation sites is 1. The molecule has 0 spiro atoms. The van der Waals surface area contributed by atoms with E-state index in [-0.39, 0.29) is 5.91 Å². The van der Waals surface area contributed by atoms with Crippen LogP contribution in [-0.4, -0.2) is 19.1 Å². The third-order valence-electron chi connectivity index (χ3n) is 2.58. The molecule has 1 amide bonds. The highest BCUT2D eigenvalue weighted by atomic mass is 16.5. The van der Waals surface area contributed by atoms with Crippen molar-refractivity contribution in [2.45, 2.75) is 13.0 Å². The summed E-state index contributed by atoms with van der Waals surface area (Å²) in [5.41, 5.74) is 1.72. The summed E-state index contributed by atoms with van der Waals surface area (Å²) >= 11 is 0. The fourth-order valence-electron chi connectivity index (χ4n) is 1.71. The van der Waals surface area contributed by atoms with Gasteiger partial charge in [-0.05, 0) is 13.0 Å². The van der Waals surface area contributed by atoms with E-state index in [1.807, 2.05) is 18.2 Å². The summed E-state index contributed by atoms with van der Waals surface area (Å²) in [6, 6.07) is 5.67. The largest absolute Gasteiger partial charge is 0.478 e. The molecule has 1 atom stereocenters. The number of carbonyl (C=O) groups is 1. The molecular weight excluding hydrogens is 190 g/mol. The molecule has 1 unspecified atom stereocenters. The number of rotatable bonds is 1. The minimum Gasteiger partial charge on any atom is -0.478 e. The molecule has 0 saturated carbocycles. The zero-order valence-electron chi connectivity index (χ0n) is 8.86. The van der Waals surface area contributed by atoms with Crippen LogP contribution in [0.15, 0.2) is 24.8 Å². The molecule has 1 aliphatic rings. The molecule has 0 aliphatic carbocycles. The van der Waals surface area contributed by atoms with Gasteiger partial charge in [0.2, 0.25) is 0 Å². The highest BCUT2D eigenvalue weighted by molar-refractivity contribution is 6.00. The standard InChI is InChI=1S/C12H13NO2/c1-4-9-6-5-7-10-11(9)15-8(2)12(14)13(10)3/h4-8H,1H2,2-3H3. The molecular formula is C12H13NO2. The quantitative estimate of drug-likeness (QED) is 0.699. The molecule has 3 nitrogen and oxygen atoms in total. The van der Waals surface area contributed by atoms with Gasteiger partial charge < -0.3 is 9.64 Å². The number of ether oxygens (including phenoxy) is 1. The van der Waals surface area contributed by atoms with Crippen molar-refractivity contribution in [2.75, 3.05) is 11.9 Å². The van der Waals surface area contributed by atoms with Gasteiger partial charge in [-0.15, -0.1) is 0 Å². The molecule has 15 heavy (non-hydrogen) atoms. The SMILES string of the molecule is C=Cc1cccc2c1OC(C)C(=O)N2C. The van der Waals surface area contributed by atoms with Gasteiger partial charge in [0.05, 0.1) is 5.69 Å². The molecule has 0 aromatic heterocycles. The van der Waals surface area contributed by atoms with Crippen LogP contribution in [0.2, 0.25) is 0 Å². The van der Waals surface area contributed by atoms with Crippen molar-refractivity contribution in [2.24, 2.45) is 0 Å². The van der Waals surface area contributed by atoms with Gasteiger partial charge in [-0.2, -0.15) is 0 Å². The van der Waals surface area contributed by atoms with E-state index in [9.17, 15) is 4.79 Å². The molecule has 1 aromatic rings. The Kier molecular flexibility index (Phi) is 2.23. The van der Waals surface area contributed by atoms with Gasteiger partial charge in [0.1, 0.15) is 0 Å². The maximum atomic E-state index is 11.7. The van der Waals surface area contributed by atoms with E-state index < -0.39 is 6.10 Å². The third kappa shape index (κ3) is 1.40. The summed E-state index contributed by atoms with van der Waals surface area (Å²) in [6.07, 6.45) is 1.30. The number of fused-ring (bicyclic) bond motifs is 1. The van der Waals surface area contributed by atoms with Gasteiger partial charge in [-0.25, -0.2) is 0 Å². The number of carbonyl (C=O) groups excluding carboxylic acids is 1. The van der Waals surface area contributed by atoms with E-state index in [0.29, 0.717) is 0 Å². The lowest BCUT2D eigenvalue weighted by Crippen LogP contribution is -2.42. The lowest BCUT2D eigenvalue weighted by Gasteiger charge is -2.31. The van der Waals surface area contributed by atoms with Crippen molar-refractivity contribution in [3.63, 3.8) is 0 Å². The summed E-state index contributed by atoms with van der Waals surface area (Å²) in [7, 11) is 1.76. The average molecular weight is 203 g/mol. The van der Waals surface area contributed by atoms with Crippen molar-refractivity contribution in [3.05, 3.63) is 30.3 Å². The molecule has 1 aliphatic heterocycles. The third-order valence-corrected chi connectivity index (χ3v) is 2.58. The van der Waals surface area contributed by atoms with Crippen LogP contribution < -0.4 is 9.64 Å². The number of benzene rings is 1. The number of amides is 1. The van der Waals surface area contributed by atoms with E-state index in [0.717, 1.165) is 17.0 Å². The first-order valence-electron chi connectivity index (χ1n) is 4.85. The van der Waals surface area contributed by atoms with Crippen LogP contribution in [0.1, 0.15) is 12.5 Å². The van der Waals surface area contributed by atoms with Crippen LogP contribution in [0.25, 0.3) is 6.08 Å². The molecule has 0 N–H and O–H groups in total. The Labute approximate surface area is 89.0 Å². The topological polar surface area (TPSA) is 29.5 Å². The lowest BCUT2D eigenvalue weighted by atomic mass is 10.1. The highest BCUT2D eigenvalue weighted by Gasteiger charge is 2.29. The van der Waals surface area contributed by atoms with Crippen LogP contribution in [0, 0.1) is 0 Å². The smallest absolute Gasteiger partial charge is 0.267 e. The predicted octanol–water partition coefficient (Wildman–Crippen LogP) is 2.07. The first-order valence-corrected chi connectivity index (χ1v) is 4.85. The minimum absolute atomic E-state index is 0.0243.